The third-order valence-electron chi connectivity index (χ3n) is 1.56. The summed E-state index contributed by atoms with van der Waals surface area (Å²) in [5.41, 5.74) is 0.736. The summed E-state index contributed by atoms with van der Waals surface area (Å²) in [6.45, 7) is 2.62. The second-order valence-corrected chi connectivity index (χ2v) is 2.40. The highest BCUT2D eigenvalue weighted by Crippen LogP contribution is 2.16. The number of hydrogen-bond donors (Lipinski definition) is 0. The van der Waals surface area contributed by atoms with Gasteiger partial charge in [0.25, 0.3) is 0 Å². The smallest absolute Gasteiger partial charge is 0.149 e. The zero-order chi connectivity index (χ0) is 8.10. The average molecular weight is 152 g/mol. The monoisotopic (exact) mass is 152 g/mol. The van der Waals surface area contributed by atoms with Crippen LogP contribution in [-0.4, -0.2) is 12.9 Å². The molecular weight excluding hydrogens is 140 g/mol. The Morgan fingerprint density at radius 3 is 3.18 bits per heavy atom. The largest absolute Gasteiger partial charge is 0.498 e. The predicted molar refractivity (Wildman–Crippen MR) is 43.1 cm³/mol. The van der Waals surface area contributed by atoms with Gasteiger partial charge in [0.1, 0.15) is 6.29 Å². The molecule has 0 unspecified atom stereocenters. The van der Waals surface area contributed by atoms with E-state index in [0.29, 0.717) is 6.61 Å². The Bertz CT molecular complexity index is 202. The zero-order valence-electron chi connectivity index (χ0n) is 6.67. The van der Waals surface area contributed by atoms with Crippen molar-refractivity contribution >= 4 is 6.29 Å². The minimum absolute atomic E-state index is 0.679. The van der Waals surface area contributed by atoms with Crippen LogP contribution in [0.25, 0.3) is 0 Å². The van der Waals surface area contributed by atoms with Crippen LogP contribution in [0.3, 0.4) is 0 Å². The number of aldehydes is 1. The van der Waals surface area contributed by atoms with Crippen molar-refractivity contribution in [2.75, 3.05) is 6.61 Å². The molecule has 1 aliphatic rings. The molecule has 0 aliphatic heterocycles. The number of allylic oxidation sites excluding steroid dienone is 4. The molecule has 2 heteroatoms. The van der Waals surface area contributed by atoms with E-state index in [1.165, 1.54) is 0 Å². The molecule has 2 nitrogen and oxygen atoms in total. The van der Waals surface area contributed by atoms with Crippen LogP contribution in [0.4, 0.5) is 0 Å². The lowest BCUT2D eigenvalue weighted by atomic mass is 10.1. The maximum absolute atomic E-state index is 10.3. The van der Waals surface area contributed by atoms with Crippen LogP contribution >= 0.6 is 0 Å². The molecule has 0 aromatic heterocycles. The van der Waals surface area contributed by atoms with Crippen molar-refractivity contribution in [1.29, 1.82) is 0 Å². The normalized spacial score (nSPS) is 16.8. The van der Waals surface area contributed by atoms with Gasteiger partial charge in [0, 0.05) is 12.0 Å². The van der Waals surface area contributed by atoms with Crippen LogP contribution in [0.15, 0.2) is 23.5 Å². The molecule has 0 N–H and O–H groups in total. The summed E-state index contributed by atoms with van der Waals surface area (Å²) in [5.74, 6) is 0.928. The van der Waals surface area contributed by atoms with Crippen LogP contribution in [0, 0.1) is 0 Å². The lowest BCUT2D eigenvalue weighted by Gasteiger charge is -2.10. The molecule has 1 aliphatic carbocycles. The summed E-state index contributed by atoms with van der Waals surface area (Å²) < 4.78 is 5.28. The molecule has 0 saturated heterocycles. The summed E-state index contributed by atoms with van der Waals surface area (Å²) in [6, 6.07) is 0. The Morgan fingerprint density at radius 1 is 1.73 bits per heavy atom. The number of carbonyl (C=O) groups is 1. The Balaban J connectivity index is 2.60. The van der Waals surface area contributed by atoms with E-state index in [9.17, 15) is 4.79 Å². The van der Waals surface area contributed by atoms with E-state index in [2.05, 4.69) is 0 Å². The van der Waals surface area contributed by atoms with Crippen molar-refractivity contribution in [3.8, 4) is 0 Å². The van der Waals surface area contributed by atoms with Crippen molar-refractivity contribution in [2.24, 2.45) is 0 Å². The molecule has 1 rings (SSSR count). The summed E-state index contributed by atoms with van der Waals surface area (Å²) in [5, 5.41) is 0. The van der Waals surface area contributed by atoms with E-state index in [-0.39, 0.29) is 0 Å². The molecule has 0 heterocycles. The average Bonchev–Trinajstić information content (AvgIpc) is 2.06. The first-order valence-electron chi connectivity index (χ1n) is 3.85. The van der Waals surface area contributed by atoms with Gasteiger partial charge in [-0.3, -0.25) is 4.79 Å². The fourth-order valence-electron chi connectivity index (χ4n) is 1.08. The summed E-state index contributed by atoms with van der Waals surface area (Å²) in [7, 11) is 0. The highest BCUT2D eigenvalue weighted by molar-refractivity contribution is 5.77. The second-order valence-electron chi connectivity index (χ2n) is 2.40. The second kappa shape index (κ2) is 3.96. The lowest BCUT2D eigenvalue weighted by Crippen LogP contribution is -1.97. The molecule has 0 bridgehead atoms. The molecule has 0 radical (unpaired) electrons. The molecule has 0 saturated carbocycles. The molecule has 11 heavy (non-hydrogen) atoms. The third kappa shape index (κ3) is 2.22. The molecule has 0 fully saturated rings. The van der Waals surface area contributed by atoms with Crippen molar-refractivity contribution in [2.45, 2.75) is 19.8 Å². The Labute approximate surface area is 66.5 Å². The molecule has 0 aromatic carbocycles. The lowest BCUT2D eigenvalue weighted by molar-refractivity contribution is -0.104. The maximum Gasteiger partial charge on any atom is 0.149 e. The van der Waals surface area contributed by atoms with Crippen LogP contribution in [0.5, 0.6) is 0 Å². The number of hydrogen-bond acceptors (Lipinski definition) is 2. The molecule has 0 amide bonds. The highest BCUT2D eigenvalue weighted by Gasteiger charge is 2.04. The number of ether oxygens (including phenoxy) is 1. The first-order valence-corrected chi connectivity index (χ1v) is 3.85. The standard InChI is InChI=1S/C9H12O2/c1-2-11-9-5-3-4-8(6-9)7-10/h4,6-7H,2-3,5H2,1H3. The van der Waals surface area contributed by atoms with Gasteiger partial charge in [0.15, 0.2) is 0 Å². The van der Waals surface area contributed by atoms with E-state index in [4.69, 9.17) is 4.74 Å². The van der Waals surface area contributed by atoms with Gasteiger partial charge < -0.3 is 4.74 Å². The van der Waals surface area contributed by atoms with Gasteiger partial charge in [-0.05, 0) is 19.4 Å². The summed E-state index contributed by atoms with van der Waals surface area (Å²) in [6.07, 6.45) is 6.43. The van der Waals surface area contributed by atoms with Crippen LogP contribution in [0.2, 0.25) is 0 Å². The van der Waals surface area contributed by atoms with E-state index in [1.807, 2.05) is 13.0 Å². The number of carbonyl (C=O) groups excluding carboxylic acids is 1. The first kappa shape index (κ1) is 8.05. The first-order chi connectivity index (χ1) is 5.36. The van der Waals surface area contributed by atoms with E-state index >= 15 is 0 Å². The fourth-order valence-corrected chi connectivity index (χ4v) is 1.08. The van der Waals surface area contributed by atoms with Crippen molar-refractivity contribution in [1.82, 2.24) is 0 Å². The van der Waals surface area contributed by atoms with Gasteiger partial charge in [0.05, 0.1) is 12.4 Å². The molecular formula is C9H12O2. The van der Waals surface area contributed by atoms with Crippen molar-refractivity contribution in [3.63, 3.8) is 0 Å². The van der Waals surface area contributed by atoms with E-state index in [0.717, 1.165) is 30.5 Å². The van der Waals surface area contributed by atoms with Crippen LogP contribution in [0.1, 0.15) is 19.8 Å². The summed E-state index contributed by atoms with van der Waals surface area (Å²) >= 11 is 0. The molecule has 60 valence electrons. The quantitative estimate of drug-likeness (QED) is 0.576. The van der Waals surface area contributed by atoms with E-state index in [1.54, 1.807) is 6.08 Å². The molecule has 0 atom stereocenters. The Kier molecular flexibility index (Phi) is 2.90. The Morgan fingerprint density at radius 2 is 2.55 bits per heavy atom. The topological polar surface area (TPSA) is 26.3 Å². The minimum Gasteiger partial charge on any atom is -0.498 e. The van der Waals surface area contributed by atoms with Crippen LogP contribution < -0.4 is 0 Å². The van der Waals surface area contributed by atoms with Gasteiger partial charge in [-0.2, -0.15) is 0 Å². The van der Waals surface area contributed by atoms with Crippen molar-refractivity contribution in [3.05, 3.63) is 23.5 Å². The summed E-state index contributed by atoms with van der Waals surface area (Å²) in [4.78, 5) is 10.3. The highest BCUT2D eigenvalue weighted by atomic mass is 16.5. The van der Waals surface area contributed by atoms with Gasteiger partial charge in [-0.15, -0.1) is 0 Å². The minimum atomic E-state index is 0.679. The maximum atomic E-state index is 10.3. The van der Waals surface area contributed by atoms with Gasteiger partial charge >= 0.3 is 0 Å². The zero-order valence-corrected chi connectivity index (χ0v) is 6.67. The van der Waals surface area contributed by atoms with E-state index < -0.39 is 0 Å². The van der Waals surface area contributed by atoms with Gasteiger partial charge in [-0.1, -0.05) is 6.08 Å². The number of rotatable bonds is 3. The van der Waals surface area contributed by atoms with Crippen molar-refractivity contribution < 1.29 is 9.53 Å². The third-order valence-corrected chi connectivity index (χ3v) is 1.56. The predicted octanol–water partition coefficient (Wildman–Crippen LogP) is 1.83. The SMILES string of the molecule is CCOC1=CC(C=O)=CCC1. The van der Waals surface area contributed by atoms with Crippen LogP contribution in [-0.2, 0) is 9.53 Å². The Hall–Kier alpha value is -1.05. The molecule has 0 spiro atoms. The molecule has 0 aromatic rings. The fraction of sp³-hybridized carbons (Fsp3) is 0.444. The van der Waals surface area contributed by atoms with Gasteiger partial charge in [0.2, 0.25) is 0 Å². The van der Waals surface area contributed by atoms with Gasteiger partial charge in [-0.25, -0.2) is 0 Å².